The SMILES string of the molecule is COc1ccc(Br)cc1C=Nc1c(F)c(F)c(F)c(F)c1F. The second kappa shape index (κ2) is 6.43. The van der Waals surface area contributed by atoms with E-state index in [0.717, 1.165) is 6.21 Å². The molecule has 2 aromatic carbocycles. The topological polar surface area (TPSA) is 21.6 Å². The minimum atomic E-state index is -2.23. The lowest BCUT2D eigenvalue weighted by atomic mass is 10.2. The predicted octanol–water partition coefficient (Wildman–Crippen LogP) is 4.90. The molecule has 0 aromatic heterocycles. The Morgan fingerprint density at radius 1 is 0.955 bits per heavy atom. The summed E-state index contributed by atoms with van der Waals surface area (Å²) >= 11 is 3.18. The first-order chi connectivity index (χ1) is 10.4. The maximum Gasteiger partial charge on any atom is 0.200 e. The van der Waals surface area contributed by atoms with Gasteiger partial charge in [0, 0.05) is 16.3 Å². The van der Waals surface area contributed by atoms with Crippen LogP contribution in [0.1, 0.15) is 5.56 Å². The molecule has 0 saturated heterocycles. The van der Waals surface area contributed by atoms with Gasteiger partial charge in [0.05, 0.1) is 7.11 Å². The van der Waals surface area contributed by atoms with Crippen molar-refractivity contribution in [3.05, 3.63) is 57.3 Å². The summed E-state index contributed by atoms with van der Waals surface area (Å²) < 4.78 is 71.7. The second-order valence-electron chi connectivity index (χ2n) is 4.06. The molecule has 22 heavy (non-hydrogen) atoms. The molecular weight excluding hydrogens is 373 g/mol. The smallest absolute Gasteiger partial charge is 0.200 e. The second-order valence-corrected chi connectivity index (χ2v) is 4.98. The van der Waals surface area contributed by atoms with E-state index >= 15 is 0 Å². The number of halogens is 6. The van der Waals surface area contributed by atoms with Gasteiger partial charge in [-0.05, 0) is 18.2 Å². The zero-order valence-corrected chi connectivity index (χ0v) is 12.5. The molecule has 2 aromatic rings. The van der Waals surface area contributed by atoms with Crippen LogP contribution in [0.15, 0.2) is 27.7 Å². The van der Waals surface area contributed by atoms with E-state index < -0.39 is 34.8 Å². The lowest BCUT2D eigenvalue weighted by Crippen LogP contribution is -2.01. The van der Waals surface area contributed by atoms with Gasteiger partial charge in [0.2, 0.25) is 5.82 Å². The molecule has 0 amide bonds. The fraction of sp³-hybridized carbons (Fsp3) is 0.0714. The van der Waals surface area contributed by atoms with Crippen molar-refractivity contribution in [3.63, 3.8) is 0 Å². The molecule has 0 saturated carbocycles. The van der Waals surface area contributed by atoms with Gasteiger partial charge in [-0.15, -0.1) is 0 Å². The number of hydrogen-bond acceptors (Lipinski definition) is 2. The maximum absolute atomic E-state index is 13.5. The Hall–Kier alpha value is -1.96. The fourth-order valence-electron chi connectivity index (χ4n) is 1.65. The average molecular weight is 380 g/mol. The third-order valence-corrected chi connectivity index (χ3v) is 3.20. The Labute approximate surface area is 130 Å². The Bertz CT molecular complexity index is 734. The molecule has 0 aliphatic rings. The molecule has 0 spiro atoms. The highest BCUT2D eigenvalue weighted by Crippen LogP contribution is 2.30. The molecule has 0 heterocycles. The molecule has 8 heteroatoms. The number of aliphatic imine (C=N–C) groups is 1. The largest absolute Gasteiger partial charge is 0.496 e. The number of rotatable bonds is 3. The van der Waals surface area contributed by atoms with Crippen LogP contribution >= 0.6 is 15.9 Å². The first-order valence-corrected chi connectivity index (χ1v) is 6.55. The van der Waals surface area contributed by atoms with Crippen LogP contribution in [0.5, 0.6) is 5.75 Å². The van der Waals surface area contributed by atoms with E-state index in [-0.39, 0.29) is 0 Å². The zero-order chi connectivity index (χ0) is 16.4. The molecule has 2 nitrogen and oxygen atoms in total. The Balaban J connectivity index is 2.54. The quantitative estimate of drug-likeness (QED) is 0.321. The molecule has 0 aliphatic carbocycles. The molecule has 0 N–H and O–H groups in total. The molecule has 0 bridgehead atoms. The minimum Gasteiger partial charge on any atom is -0.496 e. The number of benzene rings is 2. The van der Waals surface area contributed by atoms with Crippen molar-refractivity contribution in [2.24, 2.45) is 4.99 Å². The first-order valence-electron chi connectivity index (χ1n) is 5.75. The van der Waals surface area contributed by atoms with Crippen LogP contribution in [0.3, 0.4) is 0 Å². The van der Waals surface area contributed by atoms with Gasteiger partial charge in [-0.1, -0.05) is 15.9 Å². The number of ether oxygens (including phenoxy) is 1. The summed E-state index contributed by atoms with van der Waals surface area (Å²) in [5.41, 5.74) is -0.973. The maximum atomic E-state index is 13.5. The Kier molecular flexibility index (Phi) is 4.80. The molecule has 0 atom stereocenters. The van der Waals surface area contributed by atoms with Crippen LogP contribution in [-0.4, -0.2) is 13.3 Å². The molecule has 0 fully saturated rings. The summed E-state index contributed by atoms with van der Waals surface area (Å²) in [7, 11) is 1.36. The lowest BCUT2D eigenvalue weighted by Gasteiger charge is -2.06. The predicted molar refractivity (Wildman–Crippen MR) is 74.2 cm³/mol. The van der Waals surface area contributed by atoms with Crippen LogP contribution in [0, 0.1) is 29.1 Å². The standard InChI is InChI=1S/C14H7BrF5NO/c1-22-8-3-2-7(15)4-6(8)5-21-14-12(19)10(17)9(16)11(18)13(14)20/h2-5H,1H3. The van der Waals surface area contributed by atoms with E-state index in [1.807, 2.05) is 0 Å². The van der Waals surface area contributed by atoms with E-state index in [2.05, 4.69) is 20.9 Å². The van der Waals surface area contributed by atoms with E-state index in [4.69, 9.17) is 4.74 Å². The van der Waals surface area contributed by atoms with Crippen molar-refractivity contribution in [2.75, 3.05) is 7.11 Å². The summed E-state index contributed by atoms with van der Waals surface area (Å²) in [6.07, 6.45) is 0.946. The third-order valence-electron chi connectivity index (χ3n) is 2.71. The lowest BCUT2D eigenvalue weighted by molar-refractivity contribution is 0.381. The normalized spacial score (nSPS) is 11.2. The van der Waals surface area contributed by atoms with Crippen molar-refractivity contribution in [1.29, 1.82) is 0 Å². The van der Waals surface area contributed by atoms with Crippen molar-refractivity contribution in [2.45, 2.75) is 0 Å². The van der Waals surface area contributed by atoms with Crippen LogP contribution in [0.2, 0.25) is 0 Å². The molecule has 0 radical (unpaired) electrons. The molecule has 0 unspecified atom stereocenters. The summed E-state index contributed by atoms with van der Waals surface area (Å²) in [6.45, 7) is 0. The number of nitrogens with zero attached hydrogens (tertiary/aromatic N) is 1. The van der Waals surface area contributed by atoms with E-state index in [9.17, 15) is 22.0 Å². The molecule has 2 rings (SSSR count). The first kappa shape index (κ1) is 16.4. The van der Waals surface area contributed by atoms with Crippen molar-refractivity contribution in [1.82, 2.24) is 0 Å². The summed E-state index contributed by atoms with van der Waals surface area (Å²) in [5, 5.41) is 0. The van der Waals surface area contributed by atoms with Crippen LogP contribution < -0.4 is 4.74 Å². The van der Waals surface area contributed by atoms with Gasteiger partial charge in [0.15, 0.2) is 23.3 Å². The van der Waals surface area contributed by atoms with Gasteiger partial charge >= 0.3 is 0 Å². The third kappa shape index (κ3) is 2.96. The van der Waals surface area contributed by atoms with E-state index in [0.29, 0.717) is 15.8 Å². The summed E-state index contributed by atoms with van der Waals surface area (Å²) in [4.78, 5) is 3.37. The zero-order valence-electron chi connectivity index (χ0n) is 10.9. The van der Waals surface area contributed by atoms with Crippen molar-refractivity contribution >= 4 is 27.8 Å². The monoisotopic (exact) mass is 379 g/mol. The molecule has 0 aliphatic heterocycles. The van der Waals surface area contributed by atoms with Gasteiger partial charge in [0.1, 0.15) is 11.4 Å². The van der Waals surface area contributed by atoms with Crippen molar-refractivity contribution < 1.29 is 26.7 Å². The Morgan fingerprint density at radius 3 is 2.05 bits per heavy atom. The summed E-state index contributed by atoms with van der Waals surface area (Å²) in [6, 6.07) is 4.70. The highest BCUT2D eigenvalue weighted by Gasteiger charge is 2.25. The van der Waals surface area contributed by atoms with Gasteiger partial charge in [-0.25, -0.2) is 26.9 Å². The van der Waals surface area contributed by atoms with Crippen LogP contribution in [0.4, 0.5) is 27.6 Å². The van der Waals surface area contributed by atoms with E-state index in [1.165, 1.54) is 13.2 Å². The number of methoxy groups -OCH3 is 1. The van der Waals surface area contributed by atoms with Crippen molar-refractivity contribution in [3.8, 4) is 5.75 Å². The fourth-order valence-corrected chi connectivity index (χ4v) is 2.03. The van der Waals surface area contributed by atoms with E-state index in [1.54, 1.807) is 12.1 Å². The van der Waals surface area contributed by atoms with Crippen LogP contribution in [-0.2, 0) is 0 Å². The average Bonchev–Trinajstić information content (AvgIpc) is 2.51. The van der Waals surface area contributed by atoms with Crippen LogP contribution in [0.25, 0.3) is 0 Å². The summed E-state index contributed by atoms with van der Waals surface area (Å²) in [5.74, 6) is -10.0. The Morgan fingerprint density at radius 2 is 1.50 bits per heavy atom. The van der Waals surface area contributed by atoms with Gasteiger partial charge in [-0.2, -0.15) is 0 Å². The minimum absolute atomic E-state index is 0.292. The molecule has 116 valence electrons. The highest BCUT2D eigenvalue weighted by molar-refractivity contribution is 9.10. The van der Waals surface area contributed by atoms with Gasteiger partial charge < -0.3 is 4.74 Å². The van der Waals surface area contributed by atoms with Gasteiger partial charge in [0.25, 0.3) is 0 Å². The highest BCUT2D eigenvalue weighted by atomic mass is 79.9. The number of hydrogen-bond donors (Lipinski definition) is 0. The molecular formula is C14H7BrF5NO. The van der Waals surface area contributed by atoms with Gasteiger partial charge in [-0.3, -0.25) is 0 Å².